The Labute approximate surface area is 134 Å². The van der Waals surface area contributed by atoms with Gasteiger partial charge in [0, 0.05) is 16.1 Å². The van der Waals surface area contributed by atoms with Crippen molar-refractivity contribution >= 4 is 31.9 Å². The highest BCUT2D eigenvalue weighted by Gasteiger charge is 2.33. The molecule has 4 heteroatoms. The number of benzene rings is 2. The Morgan fingerprint density at radius 2 is 1.60 bits per heavy atom. The van der Waals surface area contributed by atoms with Crippen molar-refractivity contribution in [1.29, 1.82) is 0 Å². The Morgan fingerprint density at radius 1 is 0.900 bits per heavy atom. The molecule has 0 spiro atoms. The van der Waals surface area contributed by atoms with Gasteiger partial charge in [-0.1, -0.05) is 62.2 Å². The number of halogens is 4. The van der Waals surface area contributed by atoms with Gasteiger partial charge in [-0.2, -0.15) is 0 Å². The third-order valence-corrected chi connectivity index (χ3v) is 5.54. The molecule has 0 radical (unpaired) electrons. The van der Waals surface area contributed by atoms with Crippen molar-refractivity contribution in [1.82, 2.24) is 0 Å². The van der Waals surface area contributed by atoms with Gasteiger partial charge in [-0.05, 0) is 35.7 Å². The van der Waals surface area contributed by atoms with Crippen molar-refractivity contribution in [2.24, 2.45) is 0 Å². The summed E-state index contributed by atoms with van der Waals surface area (Å²) < 4.78 is 27.5. The summed E-state index contributed by atoms with van der Waals surface area (Å²) in [7, 11) is 0. The summed E-state index contributed by atoms with van der Waals surface area (Å²) in [4.78, 5) is 0. The molecule has 0 aromatic heterocycles. The fourth-order valence-corrected chi connectivity index (χ4v) is 4.23. The fraction of sp³-hybridized carbons (Fsp3) is 0.250. The van der Waals surface area contributed by atoms with Crippen LogP contribution in [0.25, 0.3) is 0 Å². The van der Waals surface area contributed by atoms with Crippen LogP contribution in [0.15, 0.2) is 48.5 Å². The Kier molecular flexibility index (Phi) is 5.33. The van der Waals surface area contributed by atoms with E-state index >= 15 is 0 Å². The molecule has 0 heterocycles. The first-order chi connectivity index (χ1) is 9.61. The van der Waals surface area contributed by atoms with Crippen LogP contribution in [0, 0.1) is 11.6 Å². The molecular weight excluding hydrogens is 390 g/mol. The van der Waals surface area contributed by atoms with Crippen molar-refractivity contribution in [3.63, 3.8) is 0 Å². The van der Waals surface area contributed by atoms with E-state index in [2.05, 4.69) is 31.9 Å². The second-order valence-electron chi connectivity index (χ2n) is 4.83. The number of rotatable bonds is 5. The van der Waals surface area contributed by atoms with E-state index < -0.39 is 5.41 Å². The van der Waals surface area contributed by atoms with Crippen LogP contribution in [-0.4, -0.2) is 10.7 Å². The molecule has 0 bridgehead atoms. The highest BCUT2D eigenvalue weighted by atomic mass is 79.9. The van der Waals surface area contributed by atoms with Crippen LogP contribution < -0.4 is 0 Å². The molecule has 0 atom stereocenters. The molecule has 20 heavy (non-hydrogen) atoms. The number of alkyl halides is 2. The zero-order valence-corrected chi connectivity index (χ0v) is 13.9. The lowest BCUT2D eigenvalue weighted by Gasteiger charge is -2.31. The summed E-state index contributed by atoms with van der Waals surface area (Å²) in [5.41, 5.74) is 1.05. The van der Waals surface area contributed by atoms with Gasteiger partial charge in [-0.25, -0.2) is 8.78 Å². The molecule has 2 aromatic carbocycles. The van der Waals surface area contributed by atoms with E-state index in [0.29, 0.717) is 22.6 Å². The minimum Gasteiger partial charge on any atom is -0.207 e. The molecule has 106 valence electrons. The average Bonchev–Trinajstić information content (AvgIpc) is 2.46. The molecule has 0 fully saturated rings. The summed E-state index contributed by atoms with van der Waals surface area (Å²) in [6, 6.07) is 13.2. The predicted molar refractivity (Wildman–Crippen MR) is 85.8 cm³/mol. The number of hydrogen-bond acceptors (Lipinski definition) is 0. The average molecular weight is 404 g/mol. The molecule has 0 saturated carbocycles. The quantitative estimate of drug-likeness (QED) is 0.599. The topological polar surface area (TPSA) is 0 Å². The molecule has 0 aliphatic rings. The van der Waals surface area contributed by atoms with Crippen LogP contribution in [0.2, 0.25) is 0 Å². The maximum absolute atomic E-state index is 14.1. The van der Waals surface area contributed by atoms with Crippen LogP contribution in [0.5, 0.6) is 0 Å². The van der Waals surface area contributed by atoms with E-state index in [1.54, 1.807) is 18.2 Å². The molecule has 0 nitrogen and oxygen atoms in total. The number of hydrogen-bond donors (Lipinski definition) is 0. The maximum atomic E-state index is 14.1. The minimum absolute atomic E-state index is 0.234. The standard InChI is InChI=1S/C16H14Br2F2/c17-10-16(11-18,14-6-1-2-7-15(14)20)9-12-4-3-5-13(19)8-12/h1-8H,9-11H2. The first-order valence-electron chi connectivity index (χ1n) is 6.23. The molecule has 2 aromatic rings. The summed E-state index contributed by atoms with van der Waals surface area (Å²) in [5.74, 6) is -0.503. The van der Waals surface area contributed by atoms with E-state index in [9.17, 15) is 8.78 Å². The lowest BCUT2D eigenvalue weighted by molar-refractivity contribution is 0.499. The van der Waals surface area contributed by atoms with Gasteiger partial charge >= 0.3 is 0 Å². The van der Waals surface area contributed by atoms with Crippen molar-refractivity contribution in [2.45, 2.75) is 11.8 Å². The van der Waals surface area contributed by atoms with Gasteiger partial charge in [-0.15, -0.1) is 0 Å². The molecule has 0 saturated heterocycles. The minimum atomic E-state index is -0.445. The first-order valence-corrected chi connectivity index (χ1v) is 8.47. The molecule has 0 aliphatic heterocycles. The van der Waals surface area contributed by atoms with Crippen molar-refractivity contribution in [3.05, 3.63) is 71.3 Å². The highest BCUT2D eigenvalue weighted by molar-refractivity contribution is 9.09. The smallest absolute Gasteiger partial charge is 0.127 e. The van der Waals surface area contributed by atoms with Gasteiger partial charge in [0.15, 0.2) is 0 Å². The molecule has 0 unspecified atom stereocenters. The summed E-state index contributed by atoms with van der Waals surface area (Å²) in [5, 5.41) is 1.17. The predicted octanol–water partition coefficient (Wildman–Crippen LogP) is 5.24. The molecule has 2 rings (SSSR count). The normalized spacial score (nSPS) is 11.6. The molecular formula is C16H14Br2F2. The van der Waals surface area contributed by atoms with Crippen LogP contribution >= 0.6 is 31.9 Å². The Bertz CT molecular complexity index is 580. The third kappa shape index (κ3) is 3.29. The second-order valence-corrected chi connectivity index (χ2v) is 5.96. The highest BCUT2D eigenvalue weighted by Crippen LogP contribution is 2.34. The zero-order chi connectivity index (χ0) is 14.6. The third-order valence-electron chi connectivity index (χ3n) is 3.39. The lowest BCUT2D eigenvalue weighted by atomic mass is 9.79. The first kappa shape index (κ1) is 15.6. The Morgan fingerprint density at radius 3 is 2.20 bits per heavy atom. The van der Waals surface area contributed by atoms with E-state index in [4.69, 9.17) is 0 Å². The lowest BCUT2D eigenvalue weighted by Crippen LogP contribution is -2.34. The van der Waals surface area contributed by atoms with E-state index in [1.807, 2.05) is 12.1 Å². The Balaban J connectivity index is 2.42. The van der Waals surface area contributed by atoms with Gasteiger partial charge in [0.1, 0.15) is 11.6 Å². The zero-order valence-electron chi connectivity index (χ0n) is 10.8. The van der Waals surface area contributed by atoms with E-state index in [0.717, 1.165) is 5.56 Å². The molecule has 0 aliphatic carbocycles. The van der Waals surface area contributed by atoms with E-state index in [-0.39, 0.29) is 11.6 Å². The van der Waals surface area contributed by atoms with Gasteiger partial charge in [0.2, 0.25) is 0 Å². The van der Waals surface area contributed by atoms with Crippen LogP contribution in [0.3, 0.4) is 0 Å². The SMILES string of the molecule is Fc1cccc(CC(CBr)(CBr)c2ccccc2F)c1. The second kappa shape index (κ2) is 6.81. The molecule has 0 amide bonds. The van der Waals surface area contributed by atoms with E-state index in [1.165, 1.54) is 18.2 Å². The monoisotopic (exact) mass is 402 g/mol. The maximum Gasteiger partial charge on any atom is 0.127 e. The summed E-state index contributed by atoms with van der Waals surface area (Å²) in [6.45, 7) is 0. The summed E-state index contributed by atoms with van der Waals surface area (Å²) >= 11 is 6.98. The largest absolute Gasteiger partial charge is 0.207 e. The fourth-order valence-electron chi connectivity index (χ4n) is 2.30. The van der Waals surface area contributed by atoms with Crippen molar-refractivity contribution in [2.75, 3.05) is 10.7 Å². The van der Waals surface area contributed by atoms with Crippen LogP contribution in [-0.2, 0) is 11.8 Å². The summed E-state index contributed by atoms with van der Waals surface area (Å²) in [6.07, 6.45) is 0.558. The van der Waals surface area contributed by atoms with Gasteiger partial charge in [0.25, 0.3) is 0 Å². The van der Waals surface area contributed by atoms with Gasteiger partial charge in [0.05, 0.1) is 0 Å². The molecule has 0 N–H and O–H groups in total. The van der Waals surface area contributed by atoms with Crippen LogP contribution in [0.1, 0.15) is 11.1 Å². The Hall–Kier alpha value is -0.740. The van der Waals surface area contributed by atoms with Gasteiger partial charge in [-0.3, -0.25) is 0 Å². The van der Waals surface area contributed by atoms with Gasteiger partial charge < -0.3 is 0 Å². The van der Waals surface area contributed by atoms with Crippen molar-refractivity contribution in [3.8, 4) is 0 Å². The van der Waals surface area contributed by atoms with Crippen molar-refractivity contribution < 1.29 is 8.78 Å². The van der Waals surface area contributed by atoms with Crippen LogP contribution in [0.4, 0.5) is 8.78 Å².